The molecule has 1 atom stereocenters. The Bertz CT molecular complexity index is 1120. The number of halogens is 1. The molecule has 0 saturated heterocycles. The lowest BCUT2D eigenvalue weighted by molar-refractivity contribution is 0.0948. The normalized spacial score (nSPS) is 15.6. The zero-order valence-electron chi connectivity index (χ0n) is 19.3. The zero-order valence-corrected chi connectivity index (χ0v) is 20.9. The summed E-state index contributed by atoms with van der Waals surface area (Å²) in [6, 6.07) is 12.2. The number of phenols is 1. The quantitative estimate of drug-likeness (QED) is 0.310. The molecule has 2 aromatic carbocycles. The van der Waals surface area contributed by atoms with Crippen LogP contribution < -0.4 is 5.32 Å². The van der Waals surface area contributed by atoms with Gasteiger partial charge in [0, 0.05) is 28.1 Å². The minimum Gasteiger partial charge on any atom is -0.507 e. The third-order valence-electron chi connectivity index (χ3n) is 7.16. The first-order chi connectivity index (χ1) is 16.5. The fourth-order valence-corrected chi connectivity index (χ4v) is 5.98. The maximum absolute atomic E-state index is 12.7. The van der Waals surface area contributed by atoms with Crippen molar-refractivity contribution in [3.63, 3.8) is 0 Å². The van der Waals surface area contributed by atoms with Gasteiger partial charge in [-0.2, -0.15) is 0 Å². The largest absolute Gasteiger partial charge is 0.507 e. The van der Waals surface area contributed by atoms with Crippen LogP contribution in [0.4, 0.5) is 0 Å². The zero-order chi connectivity index (χ0) is 24.1. The second-order valence-electron chi connectivity index (χ2n) is 9.21. The maximum atomic E-state index is 12.7. The van der Waals surface area contributed by atoms with E-state index in [1.54, 1.807) is 18.2 Å². The van der Waals surface area contributed by atoms with Crippen molar-refractivity contribution in [1.82, 2.24) is 9.88 Å². The third-order valence-corrected chi connectivity index (χ3v) is 7.82. The fraction of sp³-hybridized carbons (Fsp3) is 0.444. The van der Waals surface area contributed by atoms with Gasteiger partial charge in [-0.3, -0.25) is 4.79 Å². The van der Waals surface area contributed by atoms with Gasteiger partial charge in [0.2, 0.25) is 0 Å². The highest BCUT2D eigenvalue weighted by atomic mass is 79.9. The van der Waals surface area contributed by atoms with Crippen molar-refractivity contribution in [2.45, 2.75) is 50.5 Å². The van der Waals surface area contributed by atoms with Gasteiger partial charge < -0.3 is 25.2 Å². The van der Waals surface area contributed by atoms with E-state index < -0.39 is 6.04 Å². The molecule has 0 bridgehead atoms. The predicted molar refractivity (Wildman–Crippen MR) is 137 cm³/mol. The first kappa shape index (κ1) is 24.8. The van der Waals surface area contributed by atoms with Crippen molar-refractivity contribution in [1.29, 1.82) is 0 Å². The number of carbonyl (C=O) groups is 1. The Morgan fingerprint density at radius 1 is 1.06 bits per heavy atom. The van der Waals surface area contributed by atoms with Crippen LogP contribution in [0.25, 0.3) is 10.9 Å². The van der Waals surface area contributed by atoms with Crippen LogP contribution in [0.3, 0.4) is 0 Å². The number of nitrogens with one attached hydrogen (secondary N) is 1. The molecule has 4 rings (SSSR count). The van der Waals surface area contributed by atoms with Gasteiger partial charge in [-0.25, -0.2) is 0 Å². The van der Waals surface area contributed by atoms with E-state index in [4.69, 9.17) is 0 Å². The smallest absolute Gasteiger partial charge is 0.255 e. The van der Waals surface area contributed by atoms with Gasteiger partial charge in [0.15, 0.2) is 0 Å². The van der Waals surface area contributed by atoms with Gasteiger partial charge in [-0.1, -0.05) is 53.4 Å². The molecule has 1 aromatic heterocycles. The summed E-state index contributed by atoms with van der Waals surface area (Å²) in [5, 5.41) is 33.9. The minimum atomic E-state index is -0.404. The summed E-state index contributed by atoms with van der Waals surface area (Å²) in [6.07, 6.45) is 8.85. The highest BCUT2D eigenvalue weighted by Crippen LogP contribution is 2.43. The SMILES string of the molecule is O=C(NCCC(c1cn(C(CO)CO)c2cccc(Br)c12)C1CCCCC1)c1ccccc1O. The molecule has 1 aliphatic rings. The third kappa shape index (κ3) is 5.16. The lowest BCUT2D eigenvalue weighted by atomic mass is 9.75. The van der Waals surface area contributed by atoms with Crippen LogP contribution in [0.1, 0.15) is 66.4 Å². The number of phenolic OH excluding ortho intramolecular Hbond substituents is 1. The van der Waals surface area contributed by atoms with Gasteiger partial charge in [0.25, 0.3) is 5.91 Å². The highest BCUT2D eigenvalue weighted by Gasteiger charge is 2.29. The molecule has 1 unspecified atom stereocenters. The van der Waals surface area contributed by atoms with Crippen molar-refractivity contribution in [3.05, 3.63) is 64.3 Å². The Morgan fingerprint density at radius 2 is 1.79 bits per heavy atom. The number of hydrogen-bond donors (Lipinski definition) is 4. The maximum Gasteiger partial charge on any atom is 0.255 e. The molecule has 0 radical (unpaired) electrons. The number of aromatic hydroxyl groups is 1. The molecule has 0 spiro atoms. The number of benzene rings is 2. The fourth-order valence-electron chi connectivity index (χ4n) is 5.40. The molecule has 6 nitrogen and oxygen atoms in total. The van der Waals surface area contributed by atoms with E-state index in [1.807, 2.05) is 22.8 Å². The molecule has 1 heterocycles. The van der Waals surface area contributed by atoms with Crippen LogP contribution in [-0.2, 0) is 0 Å². The molecule has 182 valence electrons. The molecule has 3 aromatic rings. The monoisotopic (exact) mass is 528 g/mol. The summed E-state index contributed by atoms with van der Waals surface area (Å²) in [5.41, 5.74) is 2.46. The summed E-state index contributed by atoms with van der Waals surface area (Å²) >= 11 is 3.74. The summed E-state index contributed by atoms with van der Waals surface area (Å²) in [5.74, 6) is 0.439. The number of aliphatic hydroxyl groups is 2. The molecule has 1 saturated carbocycles. The Balaban J connectivity index is 1.65. The van der Waals surface area contributed by atoms with Crippen molar-refractivity contribution in [2.75, 3.05) is 19.8 Å². The van der Waals surface area contributed by atoms with Crippen molar-refractivity contribution < 1.29 is 20.1 Å². The van der Waals surface area contributed by atoms with Crippen molar-refractivity contribution >= 4 is 32.7 Å². The first-order valence-electron chi connectivity index (χ1n) is 12.1. The predicted octanol–water partition coefficient (Wildman–Crippen LogP) is 5.12. The number of carbonyl (C=O) groups excluding carboxylic acids is 1. The molecule has 7 heteroatoms. The molecular formula is C27H33BrN2O4. The number of fused-ring (bicyclic) bond motifs is 1. The van der Waals surface area contributed by atoms with E-state index in [-0.39, 0.29) is 36.4 Å². The van der Waals surface area contributed by atoms with Crippen LogP contribution in [0.15, 0.2) is 53.1 Å². The number of para-hydroxylation sites is 1. The number of amides is 1. The molecule has 4 N–H and O–H groups in total. The summed E-state index contributed by atoms with van der Waals surface area (Å²) in [7, 11) is 0. The summed E-state index contributed by atoms with van der Waals surface area (Å²) < 4.78 is 2.98. The minimum absolute atomic E-state index is 0.0186. The first-order valence-corrected chi connectivity index (χ1v) is 12.9. The summed E-state index contributed by atoms with van der Waals surface area (Å²) in [4.78, 5) is 12.7. The summed E-state index contributed by atoms with van der Waals surface area (Å²) in [6.45, 7) is 0.211. The lowest BCUT2D eigenvalue weighted by Gasteiger charge is -2.30. The Labute approximate surface area is 208 Å². The Hall–Kier alpha value is -2.35. The number of rotatable bonds is 9. The van der Waals surface area contributed by atoms with Gasteiger partial charge in [-0.15, -0.1) is 0 Å². The van der Waals surface area contributed by atoms with Crippen LogP contribution in [-0.4, -0.2) is 45.6 Å². The average molecular weight is 529 g/mol. The van der Waals surface area contributed by atoms with Gasteiger partial charge in [0.1, 0.15) is 5.75 Å². The van der Waals surface area contributed by atoms with Crippen molar-refractivity contribution in [2.24, 2.45) is 5.92 Å². The highest BCUT2D eigenvalue weighted by molar-refractivity contribution is 9.10. The Morgan fingerprint density at radius 3 is 2.50 bits per heavy atom. The number of nitrogens with zero attached hydrogens (tertiary/aromatic N) is 1. The van der Waals surface area contributed by atoms with E-state index in [1.165, 1.54) is 30.9 Å². The lowest BCUT2D eigenvalue weighted by Crippen LogP contribution is -2.27. The molecule has 1 aliphatic carbocycles. The van der Waals surface area contributed by atoms with Crippen molar-refractivity contribution in [3.8, 4) is 5.75 Å². The molecule has 34 heavy (non-hydrogen) atoms. The van der Waals surface area contributed by atoms with E-state index in [2.05, 4.69) is 27.4 Å². The molecule has 0 aliphatic heterocycles. The van der Waals surface area contributed by atoms with Crippen LogP contribution >= 0.6 is 15.9 Å². The standard InChI is InChI=1S/C27H33BrN2O4/c28-23-10-6-11-24-26(23)22(15-30(24)19(16-31)17-32)20(18-7-2-1-3-8-18)13-14-29-27(34)21-9-4-5-12-25(21)33/h4-6,9-12,15,18-20,31-33H,1-3,7-8,13-14,16-17H2,(H,29,34). The van der Waals surface area contributed by atoms with E-state index in [0.717, 1.165) is 34.6 Å². The molecule has 1 fully saturated rings. The van der Waals surface area contributed by atoms with E-state index in [0.29, 0.717) is 12.5 Å². The van der Waals surface area contributed by atoms with Crippen LogP contribution in [0.5, 0.6) is 5.75 Å². The van der Waals surface area contributed by atoms with Gasteiger partial charge >= 0.3 is 0 Å². The molecular weight excluding hydrogens is 496 g/mol. The topological polar surface area (TPSA) is 94.7 Å². The van der Waals surface area contributed by atoms with Crippen LogP contribution in [0.2, 0.25) is 0 Å². The number of aromatic nitrogens is 1. The Kier molecular flexibility index (Phi) is 8.29. The average Bonchev–Trinajstić information content (AvgIpc) is 3.24. The van der Waals surface area contributed by atoms with Gasteiger partial charge in [0.05, 0.1) is 24.8 Å². The van der Waals surface area contributed by atoms with Crippen LogP contribution in [0, 0.1) is 5.92 Å². The van der Waals surface area contributed by atoms with Gasteiger partial charge in [-0.05, 0) is 60.9 Å². The second kappa shape index (κ2) is 11.4. The van der Waals surface area contributed by atoms with E-state index in [9.17, 15) is 20.1 Å². The molecule has 1 amide bonds. The number of aliphatic hydroxyl groups excluding tert-OH is 2. The van der Waals surface area contributed by atoms with E-state index >= 15 is 0 Å². The number of hydrogen-bond acceptors (Lipinski definition) is 4. The second-order valence-corrected chi connectivity index (χ2v) is 10.1.